The normalized spacial score (nSPS) is 12.1. The SMILES string of the molecule is Cc1[nH]ncc1CCC(=O)N[C@@H](C)C(=O)O. The molecule has 0 aliphatic heterocycles. The molecule has 1 rings (SSSR count). The van der Waals surface area contributed by atoms with Gasteiger partial charge in [-0.2, -0.15) is 5.10 Å². The minimum absolute atomic E-state index is 0.262. The Labute approximate surface area is 93.1 Å². The number of hydrogen-bond donors (Lipinski definition) is 3. The molecule has 1 aromatic heterocycles. The fourth-order valence-corrected chi connectivity index (χ4v) is 1.25. The van der Waals surface area contributed by atoms with Crippen molar-refractivity contribution < 1.29 is 14.7 Å². The van der Waals surface area contributed by atoms with Gasteiger partial charge < -0.3 is 10.4 Å². The first-order valence-electron chi connectivity index (χ1n) is 5.01. The number of nitrogens with zero attached hydrogens (tertiary/aromatic N) is 1. The standard InChI is InChI=1S/C10H15N3O3/c1-6-8(5-11-13-6)3-4-9(14)12-7(2)10(15)16/h5,7H,3-4H2,1-2H3,(H,11,13)(H,12,14)(H,15,16)/t7-/m0/s1. The summed E-state index contributed by atoms with van der Waals surface area (Å²) in [7, 11) is 0. The molecule has 0 unspecified atom stereocenters. The lowest BCUT2D eigenvalue weighted by Gasteiger charge is -2.08. The highest BCUT2D eigenvalue weighted by atomic mass is 16.4. The van der Waals surface area contributed by atoms with Crippen LogP contribution >= 0.6 is 0 Å². The highest BCUT2D eigenvalue weighted by molar-refractivity contribution is 5.83. The Kier molecular flexibility index (Phi) is 4.04. The third-order valence-corrected chi connectivity index (χ3v) is 2.30. The van der Waals surface area contributed by atoms with E-state index in [4.69, 9.17) is 5.11 Å². The van der Waals surface area contributed by atoms with E-state index in [9.17, 15) is 9.59 Å². The fourth-order valence-electron chi connectivity index (χ4n) is 1.25. The number of rotatable bonds is 5. The van der Waals surface area contributed by atoms with Gasteiger partial charge in [0.1, 0.15) is 6.04 Å². The first-order chi connectivity index (χ1) is 7.50. The Morgan fingerprint density at radius 2 is 2.31 bits per heavy atom. The van der Waals surface area contributed by atoms with Gasteiger partial charge in [0.15, 0.2) is 0 Å². The molecule has 0 saturated carbocycles. The molecular weight excluding hydrogens is 210 g/mol. The molecule has 6 heteroatoms. The van der Waals surface area contributed by atoms with Crippen molar-refractivity contribution in [3.8, 4) is 0 Å². The summed E-state index contributed by atoms with van der Waals surface area (Å²) in [5.74, 6) is -1.30. The molecular formula is C10H15N3O3. The lowest BCUT2D eigenvalue weighted by Crippen LogP contribution is -2.38. The van der Waals surface area contributed by atoms with Crippen molar-refractivity contribution >= 4 is 11.9 Å². The number of amides is 1. The van der Waals surface area contributed by atoms with Crippen LogP contribution in [0.15, 0.2) is 6.20 Å². The number of aromatic amines is 1. The Bertz CT molecular complexity index is 386. The molecule has 3 N–H and O–H groups in total. The second-order valence-corrected chi connectivity index (χ2v) is 3.65. The number of hydrogen-bond acceptors (Lipinski definition) is 3. The highest BCUT2D eigenvalue weighted by Gasteiger charge is 2.13. The zero-order chi connectivity index (χ0) is 12.1. The molecule has 1 amide bonds. The number of carbonyl (C=O) groups is 2. The second-order valence-electron chi connectivity index (χ2n) is 3.65. The van der Waals surface area contributed by atoms with Gasteiger partial charge in [-0.15, -0.1) is 0 Å². The molecule has 16 heavy (non-hydrogen) atoms. The summed E-state index contributed by atoms with van der Waals surface area (Å²) in [5, 5.41) is 17.6. The molecule has 0 aliphatic rings. The van der Waals surface area contributed by atoms with E-state index in [1.54, 1.807) is 6.20 Å². The zero-order valence-electron chi connectivity index (χ0n) is 9.28. The zero-order valence-corrected chi connectivity index (χ0v) is 9.28. The first-order valence-corrected chi connectivity index (χ1v) is 5.01. The molecule has 0 spiro atoms. The third kappa shape index (κ3) is 3.38. The molecule has 1 heterocycles. The lowest BCUT2D eigenvalue weighted by molar-refractivity contribution is -0.141. The number of H-pyrrole nitrogens is 1. The summed E-state index contributed by atoms with van der Waals surface area (Å²) < 4.78 is 0. The summed E-state index contributed by atoms with van der Waals surface area (Å²) in [6.45, 7) is 3.31. The average Bonchev–Trinajstić information content (AvgIpc) is 2.61. The summed E-state index contributed by atoms with van der Waals surface area (Å²) >= 11 is 0. The Morgan fingerprint density at radius 3 is 2.81 bits per heavy atom. The van der Waals surface area contributed by atoms with Gasteiger partial charge >= 0.3 is 5.97 Å². The third-order valence-electron chi connectivity index (χ3n) is 2.30. The van der Waals surface area contributed by atoms with Crippen LogP contribution in [0.4, 0.5) is 0 Å². The predicted octanol–water partition coefficient (Wildman–Crippen LogP) is 0.240. The van der Waals surface area contributed by atoms with Crippen LogP contribution in [0.3, 0.4) is 0 Å². The van der Waals surface area contributed by atoms with Crippen LogP contribution in [0.1, 0.15) is 24.6 Å². The van der Waals surface area contributed by atoms with Crippen molar-refractivity contribution in [1.29, 1.82) is 0 Å². The fraction of sp³-hybridized carbons (Fsp3) is 0.500. The molecule has 88 valence electrons. The molecule has 6 nitrogen and oxygen atoms in total. The maximum atomic E-state index is 11.4. The molecule has 1 atom stereocenters. The number of carboxylic acids is 1. The van der Waals surface area contributed by atoms with Gasteiger partial charge in [-0.05, 0) is 25.8 Å². The second kappa shape index (κ2) is 5.29. The van der Waals surface area contributed by atoms with E-state index in [1.807, 2.05) is 6.92 Å². The van der Waals surface area contributed by atoms with Gasteiger partial charge in [0.2, 0.25) is 5.91 Å². The molecule has 0 bridgehead atoms. The van der Waals surface area contributed by atoms with Crippen LogP contribution in [-0.2, 0) is 16.0 Å². The van der Waals surface area contributed by atoms with E-state index >= 15 is 0 Å². The number of aryl methyl sites for hydroxylation is 2. The van der Waals surface area contributed by atoms with Crippen molar-refractivity contribution in [3.05, 3.63) is 17.5 Å². The Balaban J connectivity index is 2.36. The van der Waals surface area contributed by atoms with Gasteiger partial charge in [-0.1, -0.05) is 0 Å². The number of nitrogens with one attached hydrogen (secondary N) is 2. The maximum Gasteiger partial charge on any atom is 0.325 e. The highest BCUT2D eigenvalue weighted by Crippen LogP contribution is 2.05. The van der Waals surface area contributed by atoms with Gasteiger partial charge in [-0.3, -0.25) is 14.7 Å². The summed E-state index contributed by atoms with van der Waals surface area (Å²) in [6, 6.07) is -0.849. The van der Waals surface area contributed by atoms with Crippen LogP contribution in [0.25, 0.3) is 0 Å². The van der Waals surface area contributed by atoms with Crippen LogP contribution in [0, 0.1) is 6.92 Å². The molecule has 0 radical (unpaired) electrons. The molecule has 1 aromatic rings. The van der Waals surface area contributed by atoms with Gasteiger partial charge in [0.05, 0.1) is 6.20 Å². The van der Waals surface area contributed by atoms with Crippen molar-refractivity contribution in [3.63, 3.8) is 0 Å². The summed E-state index contributed by atoms with van der Waals surface area (Å²) in [5.41, 5.74) is 1.90. The van der Waals surface area contributed by atoms with E-state index in [2.05, 4.69) is 15.5 Å². The number of carbonyl (C=O) groups excluding carboxylic acids is 1. The summed E-state index contributed by atoms with van der Waals surface area (Å²) in [6.07, 6.45) is 2.49. The van der Waals surface area contributed by atoms with Crippen molar-refractivity contribution in [1.82, 2.24) is 15.5 Å². The number of aliphatic carboxylic acids is 1. The topological polar surface area (TPSA) is 95.1 Å². The molecule has 0 saturated heterocycles. The van der Waals surface area contributed by atoms with E-state index in [1.165, 1.54) is 6.92 Å². The van der Waals surface area contributed by atoms with Gasteiger partial charge in [-0.25, -0.2) is 0 Å². The van der Waals surface area contributed by atoms with E-state index in [0.29, 0.717) is 6.42 Å². The quantitative estimate of drug-likeness (QED) is 0.669. The van der Waals surface area contributed by atoms with Crippen molar-refractivity contribution in [2.24, 2.45) is 0 Å². The van der Waals surface area contributed by atoms with E-state index in [-0.39, 0.29) is 12.3 Å². The Hall–Kier alpha value is -1.85. The summed E-state index contributed by atoms with van der Waals surface area (Å²) in [4.78, 5) is 21.9. The smallest absolute Gasteiger partial charge is 0.325 e. The molecule has 0 aliphatic carbocycles. The number of aromatic nitrogens is 2. The van der Waals surface area contributed by atoms with Crippen LogP contribution in [0.2, 0.25) is 0 Å². The average molecular weight is 225 g/mol. The molecule has 0 fully saturated rings. The minimum atomic E-state index is -1.03. The van der Waals surface area contributed by atoms with Gasteiger partial charge in [0.25, 0.3) is 0 Å². The monoisotopic (exact) mass is 225 g/mol. The molecule has 0 aromatic carbocycles. The maximum absolute atomic E-state index is 11.4. The minimum Gasteiger partial charge on any atom is -0.480 e. The van der Waals surface area contributed by atoms with Crippen LogP contribution in [-0.4, -0.2) is 33.2 Å². The van der Waals surface area contributed by atoms with Crippen molar-refractivity contribution in [2.75, 3.05) is 0 Å². The van der Waals surface area contributed by atoms with Crippen LogP contribution < -0.4 is 5.32 Å². The van der Waals surface area contributed by atoms with Gasteiger partial charge in [0, 0.05) is 12.1 Å². The first kappa shape index (κ1) is 12.2. The van der Waals surface area contributed by atoms with Crippen LogP contribution in [0.5, 0.6) is 0 Å². The van der Waals surface area contributed by atoms with E-state index < -0.39 is 12.0 Å². The largest absolute Gasteiger partial charge is 0.480 e. The Morgan fingerprint density at radius 1 is 1.62 bits per heavy atom. The predicted molar refractivity (Wildman–Crippen MR) is 56.9 cm³/mol. The van der Waals surface area contributed by atoms with Crippen molar-refractivity contribution in [2.45, 2.75) is 32.7 Å². The van der Waals surface area contributed by atoms with E-state index in [0.717, 1.165) is 11.3 Å². The lowest BCUT2D eigenvalue weighted by atomic mass is 10.1. The number of carboxylic acid groups (broad SMARTS) is 1.